The van der Waals surface area contributed by atoms with Crippen LogP contribution in [-0.4, -0.2) is 60.9 Å². The summed E-state index contributed by atoms with van der Waals surface area (Å²) >= 11 is 0. The van der Waals surface area contributed by atoms with E-state index in [0.29, 0.717) is 30.5 Å². The van der Waals surface area contributed by atoms with Crippen LogP contribution in [-0.2, 0) is 11.0 Å². The van der Waals surface area contributed by atoms with Gasteiger partial charge in [0, 0.05) is 31.2 Å². The Morgan fingerprint density at radius 2 is 2.00 bits per heavy atom. The first-order valence-electron chi connectivity index (χ1n) is 10.9. The Kier molecular flexibility index (Phi) is 4.69. The lowest BCUT2D eigenvalue weighted by Gasteiger charge is -2.17. The van der Waals surface area contributed by atoms with Crippen LogP contribution in [0.15, 0.2) is 30.6 Å². The van der Waals surface area contributed by atoms with Gasteiger partial charge in [-0.25, -0.2) is 9.97 Å². The number of anilines is 1. The number of rotatable bonds is 4. The molecule has 1 aliphatic heterocycles. The number of benzene rings is 1. The maximum atomic E-state index is 13.8. The number of amides is 1. The van der Waals surface area contributed by atoms with Crippen LogP contribution in [0.2, 0.25) is 0 Å². The minimum Gasteiger partial charge on any atom is -0.353 e. The van der Waals surface area contributed by atoms with Gasteiger partial charge in [0.25, 0.3) is 0 Å². The van der Waals surface area contributed by atoms with E-state index in [4.69, 9.17) is 0 Å². The van der Waals surface area contributed by atoms with Crippen molar-refractivity contribution in [3.63, 3.8) is 0 Å². The zero-order valence-electron chi connectivity index (χ0n) is 17.8. The van der Waals surface area contributed by atoms with E-state index in [-0.39, 0.29) is 35.0 Å². The van der Waals surface area contributed by atoms with Crippen LogP contribution in [0.3, 0.4) is 0 Å². The van der Waals surface area contributed by atoms with Gasteiger partial charge < -0.3 is 16.0 Å². The molecule has 1 aliphatic carbocycles. The summed E-state index contributed by atoms with van der Waals surface area (Å²) in [6.07, 6.45) is 0.969. The summed E-state index contributed by atoms with van der Waals surface area (Å²) in [5.74, 6) is 0.0247. The Morgan fingerprint density at radius 1 is 1.15 bits per heavy atom. The van der Waals surface area contributed by atoms with Crippen LogP contribution in [0.25, 0.3) is 27.9 Å². The third-order valence-electron chi connectivity index (χ3n) is 5.96. The predicted molar refractivity (Wildman–Crippen MR) is 116 cm³/mol. The molecule has 10 nitrogen and oxygen atoms in total. The fraction of sp³-hybridized carbons (Fsp3) is 0.381. The number of nitrogens with one attached hydrogen (secondary N) is 3. The van der Waals surface area contributed by atoms with E-state index in [2.05, 4.69) is 36.1 Å². The van der Waals surface area contributed by atoms with Crippen molar-refractivity contribution in [3.8, 4) is 11.4 Å². The van der Waals surface area contributed by atoms with Gasteiger partial charge in [0.1, 0.15) is 6.04 Å². The second kappa shape index (κ2) is 7.65. The highest BCUT2D eigenvalue weighted by molar-refractivity contribution is 5.95. The quantitative estimate of drug-likeness (QED) is 0.417. The zero-order valence-corrected chi connectivity index (χ0v) is 17.8. The Bertz CT molecular complexity index is 1410. The number of halogens is 3. The fourth-order valence-corrected chi connectivity index (χ4v) is 4.08. The van der Waals surface area contributed by atoms with Crippen molar-refractivity contribution in [2.75, 3.05) is 25.0 Å². The number of fused-ring (bicyclic) bond motifs is 3. The van der Waals surface area contributed by atoms with Crippen LogP contribution in [0, 0.1) is 0 Å². The standard InChI is InChI=1S/C21H20F3N9O/c22-21(23,24)14-3-1-2-13-16(14)29-20(28-15-9-25-6-7-26-19(15)34)33-18(13)30-17(31-33)11-8-27-32(10-11)12-4-5-12/h1-3,8,10,12,15,25H,4-7,9H2,(H,26,34)(H,28,29)/t15-/m0/s1. The molecule has 1 aromatic carbocycles. The molecule has 0 radical (unpaired) electrons. The van der Waals surface area contributed by atoms with E-state index in [1.165, 1.54) is 16.6 Å². The molecule has 2 aliphatic rings. The largest absolute Gasteiger partial charge is 0.418 e. The maximum Gasteiger partial charge on any atom is 0.418 e. The highest BCUT2D eigenvalue weighted by Crippen LogP contribution is 2.37. The van der Waals surface area contributed by atoms with Crippen molar-refractivity contribution in [1.29, 1.82) is 0 Å². The molecule has 1 saturated heterocycles. The molecule has 0 spiro atoms. The number of aromatic nitrogens is 6. The second-order valence-electron chi connectivity index (χ2n) is 8.44. The van der Waals surface area contributed by atoms with Crippen LogP contribution < -0.4 is 16.0 Å². The van der Waals surface area contributed by atoms with Gasteiger partial charge in [-0.2, -0.15) is 22.8 Å². The first-order chi connectivity index (χ1) is 16.4. The third kappa shape index (κ3) is 3.61. The average molecular weight is 471 g/mol. The first-order valence-corrected chi connectivity index (χ1v) is 10.9. The molecule has 1 saturated carbocycles. The van der Waals surface area contributed by atoms with Crippen molar-refractivity contribution in [3.05, 3.63) is 36.2 Å². The van der Waals surface area contributed by atoms with Crippen molar-refractivity contribution < 1.29 is 18.0 Å². The normalized spacial score (nSPS) is 19.4. The highest BCUT2D eigenvalue weighted by Gasteiger charge is 2.34. The Hall–Kier alpha value is -3.74. The van der Waals surface area contributed by atoms with Gasteiger partial charge in [-0.1, -0.05) is 6.07 Å². The summed E-state index contributed by atoms with van der Waals surface area (Å²) in [7, 11) is 0. The Labute approximate surface area is 190 Å². The van der Waals surface area contributed by atoms with Gasteiger partial charge in [0.15, 0.2) is 11.5 Å². The number of para-hydroxylation sites is 1. The van der Waals surface area contributed by atoms with Gasteiger partial charge in [-0.15, -0.1) is 5.10 Å². The molecule has 1 amide bonds. The minimum absolute atomic E-state index is 0.00335. The lowest BCUT2D eigenvalue weighted by molar-refractivity contribution is -0.136. The first kappa shape index (κ1) is 20.8. The molecular weight excluding hydrogens is 451 g/mol. The maximum absolute atomic E-state index is 13.8. The fourth-order valence-electron chi connectivity index (χ4n) is 4.08. The minimum atomic E-state index is -4.61. The summed E-state index contributed by atoms with van der Waals surface area (Å²) < 4.78 is 44.6. The lowest BCUT2D eigenvalue weighted by atomic mass is 10.1. The molecule has 0 bridgehead atoms. The molecular formula is C21H20F3N9O. The molecule has 4 heterocycles. The highest BCUT2D eigenvalue weighted by atomic mass is 19.4. The third-order valence-corrected chi connectivity index (χ3v) is 5.96. The number of hydrogen-bond donors (Lipinski definition) is 3. The molecule has 1 atom stereocenters. The number of carbonyl (C=O) groups excluding carboxylic acids is 1. The van der Waals surface area contributed by atoms with E-state index in [9.17, 15) is 18.0 Å². The molecule has 34 heavy (non-hydrogen) atoms. The number of alkyl halides is 3. The van der Waals surface area contributed by atoms with Gasteiger partial charge in [-0.05, 0) is 25.0 Å². The Morgan fingerprint density at radius 3 is 2.79 bits per heavy atom. The topological polar surface area (TPSA) is 114 Å². The number of carbonyl (C=O) groups is 1. The monoisotopic (exact) mass is 471 g/mol. The number of nitrogens with zero attached hydrogens (tertiary/aromatic N) is 6. The van der Waals surface area contributed by atoms with Gasteiger partial charge >= 0.3 is 6.18 Å². The summed E-state index contributed by atoms with van der Waals surface area (Å²) in [6.45, 7) is 1.32. The van der Waals surface area contributed by atoms with Crippen molar-refractivity contribution in [2.45, 2.75) is 31.1 Å². The number of hydrogen-bond acceptors (Lipinski definition) is 7. The molecule has 6 rings (SSSR count). The molecule has 0 unspecified atom stereocenters. The van der Waals surface area contributed by atoms with Crippen molar-refractivity contribution in [1.82, 2.24) is 40.0 Å². The van der Waals surface area contributed by atoms with Gasteiger partial charge in [0.2, 0.25) is 11.9 Å². The summed E-state index contributed by atoms with van der Waals surface area (Å²) in [5, 5.41) is 17.9. The smallest absolute Gasteiger partial charge is 0.353 e. The predicted octanol–water partition coefficient (Wildman–Crippen LogP) is 1.99. The molecule has 2 fully saturated rings. The van der Waals surface area contributed by atoms with Crippen LogP contribution in [0.4, 0.5) is 19.1 Å². The summed E-state index contributed by atoms with van der Waals surface area (Å²) in [5.41, 5.74) is -0.296. The zero-order chi connectivity index (χ0) is 23.4. The Balaban J connectivity index is 1.53. The van der Waals surface area contributed by atoms with E-state index in [1.54, 1.807) is 6.20 Å². The molecule has 13 heteroatoms. The van der Waals surface area contributed by atoms with Gasteiger partial charge in [-0.3, -0.25) is 9.48 Å². The molecule has 3 aromatic heterocycles. The molecule has 3 N–H and O–H groups in total. The van der Waals surface area contributed by atoms with Crippen molar-refractivity contribution >= 4 is 28.4 Å². The average Bonchev–Trinajstić information content (AvgIpc) is 3.42. The summed E-state index contributed by atoms with van der Waals surface area (Å²) in [6, 6.07) is 3.44. The van der Waals surface area contributed by atoms with Crippen LogP contribution in [0.1, 0.15) is 24.4 Å². The van der Waals surface area contributed by atoms with E-state index < -0.39 is 17.8 Å². The van der Waals surface area contributed by atoms with Crippen LogP contribution in [0.5, 0.6) is 0 Å². The molecule has 4 aromatic rings. The van der Waals surface area contributed by atoms with E-state index in [0.717, 1.165) is 18.9 Å². The van der Waals surface area contributed by atoms with E-state index in [1.807, 2.05) is 10.9 Å². The SMILES string of the molecule is O=C1NCCNC[C@@H]1Nc1nc2c(C(F)(F)F)cccc2c2nc(-c3cnn(C4CC4)c3)nn12. The van der Waals surface area contributed by atoms with Gasteiger partial charge in [0.05, 0.1) is 28.9 Å². The lowest BCUT2D eigenvalue weighted by Crippen LogP contribution is -2.42. The summed E-state index contributed by atoms with van der Waals surface area (Å²) in [4.78, 5) is 21.3. The molecule has 176 valence electrons. The van der Waals surface area contributed by atoms with Crippen molar-refractivity contribution in [2.24, 2.45) is 0 Å². The van der Waals surface area contributed by atoms with E-state index >= 15 is 0 Å². The second-order valence-corrected chi connectivity index (χ2v) is 8.44. The van der Waals surface area contributed by atoms with Crippen LogP contribution >= 0.6 is 0 Å².